The Morgan fingerprint density at radius 3 is 3.09 bits per heavy atom. The van der Waals surface area contributed by atoms with Crippen molar-refractivity contribution in [2.24, 2.45) is 0 Å². The number of fused-ring (bicyclic) bond motifs is 2. The van der Waals surface area contributed by atoms with Crippen LogP contribution in [0.3, 0.4) is 0 Å². The summed E-state index contributed by atoms with van der Waals surface area (Å²) in [5.41, 5.74) is 4.57. The Bertz CT molecular complexity index is 862. The van der Waals surface area contributed by atoms with Crippen molar-refractivity contribution in [2.45, 2.75) is 32.6 Å². The number of nitrogens with one attached hydrogen (secondary N) is 2. The maximum absolute atomic E-state index is 12.5. The number of hydrogen-bond donors (Lipinski definition) is 2. The van der Waals surface area contributed by atoms with E-state index in [0.717, 1.165) is 42.5 Å². The number of oxazole rings is 1. The van der Waals surface area contributed by atoms with Gasteiger partial charge in [0.2, 0.25) is 0 Å². The molecule has 2 N–H and O–H groups in total. The van der Waals surface area contributed by atoms with Crippen molar-refractivity contribution >= 4 is 22.7 Å². The summed E-state index contributed by atoms with van der Waals surface area (Å²) in [4.78, 5) is 16.8. The minimum absolute atomic E-state index is 0.207. The van der Waals surface area contributed by atoms with Gasteiger partial charge in [-0.2, -0.15) is 5.10 Å². The molecular weight excluding hydrogens is 280 g/mol. The van der Waals surface area contributed by atoms with E-state index in [-0.39, 0.29) is 5.91 Å². The highest BCUT2D eigenvalue weighted by Gasteiger charge is 2.22. The number of amides is 1. The summed E-state index contributed by atoms with van der Waals surface area (Å²) in [6.45, 7) is 1.79. The molecule has 4 rings (SSSR count). The van der Waals surface area contributed by atoms with Gasteiger partial charge in [0.15, 0.2) is 17.2 Å². The zero-order valence-corrected chi connectivity index (χ0v) is 12.3. The molecule has 0 saturated heterocycles. The van der Waals surface area contributed by atoms with E-state index in [1.165, 1.54) is 0 Å². The monoisotopic (exact) mass is 296 g/mol. The topological polar surface area (TPSA) is 83.8 Å². The number of nitrogens with zero attached hydrogens (tertiary/aromatic N) is 2. The van der Waals surface area contributed by atoms with Crippen LogP contribution in [0, 0.1) is 6.92 Å². The van der Waals surface area contributed by atoms with Crippen LogP contribution in [0.25, 0.3) is 11.1 Å². The third-order valence-electron chi connectivity index (χ3n) is 4.04. The van der Waals surface area contributed by atoms with Crippen LogP contribution >= 0.6 is 0 Å². The Morgan fingerprint density at radius 1 is 1.32 bits per heavy atom. The molecule has 112 valence electrons. The number of aromatic nitrogens is 3. The van der Waals surface area contributed by atoms with Gasteiger partial charge >= 0.3 is 0 Å². The van der Waals surface area contributed by atoms with Crippen LogP contribution in [0.5, 0.6) is 0 Å². The van der Waals surface area contributed by atoms with Gasteiger partial charge in [0.1, 0.15) is 5.52 Å². The lowest BCUT2D eigenvalue weighted by molar-refractivity contribution is 0.102. The van der Waals surface area contributed by atoms with Gasteiger partial charge in [-0.15, -0.1) is 0 Å². The van der Waals surface area contributed by atoms with Crippen LogP contribution in [0.1, 0.15) is 40.5 Å². The average molecular weight is 296 g/mol. The SMILES string of the molecule is Cc1nc2cccc(NC(=O)c3n[nH]c4c3CCCC4)c2o1. The van der Waals surface area contributed by atoms with Gasteiger partial charge < -0.3 is 9.73 Å². The zero-order chi connectivity index (χ0) is 15.1. The Balaban J connectivity index is 1.68. The van der Waals surface area contributed by atoms with Gasteiger partial charge in [-0.1, -0.05) is 6.07 Å². The summed E-state index contributed by atoms with van der Waals surface area (Å²) in [7, 11) is 0. The largest absolute Gasteiger partial charge is 0.439 e. The fourth-order valence-electron chi connectivity index (χ4n) is 3.01. The molecule has 0 bridgehead atoms. The number of rotatable bonds is 2. The number of benzene rings is 1. The molecule has 0 unspecified atom stereocenters. The number of carbonyl (C=O) groups excluding carboxylic acids is 1. The molecule has 0 fully saturated rings. The third-order valence-corrected chi connectivity index (χ3v) is 4.04. The highest BCUT2D eigenvalue weighted by Crippen LogP contribution is 2.26. The van der Waals surface area contributed by atoms with Crippen LogP contribution in [0.15, 0.2) is 22.6 Å². The van der Waals surface area contributed by atoms with Crippen molar-refractivity contribution in [3.8, 4) is 0 Å². The van der Waals surface area contributed by atoms with Crippen LogP contribution in [-0.2, 0) is 12.8 Å². The smallest absolute Gasteiger partial charge is 0.276 e. The van der Waals surface area contributed by atoms with Crippen LogP contribution in [0.2, 0.25) is 0 Å². The van der Waals surface area contributed by atoms with Crippen molar-refractivity contribution in [3.63, 3.8) is 0 Å². The second-order valence-electron chi connectivity index (χ2n) is 5.58. The van der Waals surface area contributed by atoms with Crippen LogP contribution in [0.4, 0.5) is 5.69 Å². The minimum atomic E-state index is -0.207. The maximum atomic E-state index is 12.5. The Kier molecular flexibility index (Phi) is 2.96. The second kappa shape index (κ2) is 4.98. The molecule has 22 heavy (non-hydrogen) atoms. The molecule has 6 nitrogen and oxygen atoms in total. The Hall–Kier alpha value is -2.63. The Morgan fingerprint density at radius 2 is 2.18 bits per heavy atom. The molecule has 0 aliphatic heterocycles. The lowest BCUT2D eigenvalue weighted by atomic mass is 9.96. The second-order valence-corrected chi connectivity index (χ2v) is 5.58. The van der Waals surface area contributed by atoms with Gasteiger partial charge in [0.05, 0.1) is 5.69 Å². The summed E-state index contributed by atoms with van der Waals surface area (Å²) in [5.74, 6) is 0.370. The number of aromatic amines is 1. The van der Waals surface area contributed by atoms with E-state index in [9.17, 15) is 4.79 Å². The van der Waals surface area contributed by atoms with E-state index in [0.29, 0.717) is 22.9 Å². The van der Waals surface area contributed by atoms with E-state index < -0.39 is 0 Å². The molecule has 6 heteroatoms. The van der Waals surface area contributed by atoms with Gasteiger partial charge in [0.25, 0.3) is 5.91 Å². The number of anilines is 1. The standard InChI is InChI=1S/C16H16N4O2/c1-9-17-12-7-4-8-13(15(12)22-9)18-16(21)14-10-5-2-3-6-11(10)19-20-14/h4,7-8H,2-3,5-6H2,1H3,(H,18,21)(H,19,20). The van der Waals surface area contributed by atoms with E-state index in [1.807, 2.05) is 18.2 Å². The number of carbonyl (C=O) groups is 1. The number of aryl methyl sites for hydroxylation is 2. The first kappa shape index (κ1) is 13.1. The van der Waals surface area contributed by atoms with Crippen molar-refractivity contribution in [3.05, 3.63) is 41.0 Å². The highest BCUT2D eigenvalue weighted by atomic mass is 16.3. The van der Waals surface area contributed by atoms with Crippen LogP contribution < -0.4 is 5.32 Å². The van der Waals surface area contributed by atoms with Crippen molar-refractivity contribution in [1.29, 1.82) is 0 Å². The molecular formula is C16H16N4O2. The van der Waals surface area contributed by atoms with Gasteiger partial charge in [-0.3, -0.25) is 9.89 Å². The van der Waals surface area contributed by atoms with E-state index in [2.05, 4.69) is 20.5 Å². The molecule has 0 spiro atoms. The molecule has 1 amide bonds. The normalized spacial score (nSPS) is 14.0. The molecule has 1 aliphatic rings. The predicted octanol–water partition coefficient (Wildman–Crippen LogP) is 2.99. The summed E-state index contributed by atoms with van der Waals surface area (Å²) < 4.78 is 5.58. The molecule has 2 aromatic heterocycles. The lowest BCUT2D eigenvalue weighted by Gasteiger charge is -2.11. The number of hydrogen-bond acceptors (Lipinski definition) is 4. The van der Waals surface area contributed by atoms with E-state index in [1.54, 1.807) is 6.92 Å². The first-order valence-corrected chi connectivity index (χ1v) is 7.46. The Labute approximate surface area is 126 Å². The molecule has 0 atom stereocenters. The third kappa shape index (κ3) is 2.07. The predicted molar refractivity (Wildman–Crippen MR) is 81.9 cm³/mol. The van der Waals surface area contributed by atoms with Gasteiger partial charge in [-0.25, -0.2) is 4.98 Å². The molecule has 2 heterocycles. The number of para-hydroxylation sites is 1. The fraction of sp³-hybridized carbons (Fsp3) is 0.312. The lowest BCUT2D eigenvalue weighted by Crippen LogP contribution is -2.15. The zero-order valence-electron chi connectivity index (χ0n) is 12.3. The van der Waals surface area contributed by atoms with Crippen molar-refractivity contribution in [2.75, 3.05) is 5.32 Å². The van der Waals surface area contributed by atoms with Crippen molar-refractivity contribution in [1.82, 2.24) is 15.2 Å². The first-order chi connectivity index (χ1) is 10.7. The average Bonchev–Trinajstić information content (AvgIpc) is 3.10. The van der Waals surface area contributed by atoms with Crippen molar-refractivity contribution < 1.29 is 9.21 Å². The van der Waals surface area contributed by atoms with Gasteiger partial charge in [-0.05, 0) is 37.8 Å². The first-order valence-electron chi connectivity index (χ1n) is 7.46. The molecule has 0 radical (unpaired) electrons. The molecule has 1 aromatic carbocycles. The maximum Gasteiger partial charge on any atom is 0.276 e. The van der Waals surface area contributed by atoms with E-state index >= 15 is 0 Å². The summed E-state index contributed by atoms with van der Waals surface area (Å²) in [6, 6.07) is 5.52. The minimum Gasteiger partial charge on any atom is -0.439 e. The summed E-state index contributed by atoms with van der Waals surface area (Å²) in [5, 5.41) is 10.1. The van der Waals surface area contributed by atoms with E-state index in [4.69, 9.17) is 4.42 Å². The highest BCUT2D eigenvalue weighted by molar-refractivity contribution is 6.07. The quantitative estimate of drug-likeness (QED) is 0.761. The summed E-state index contributed by atoms with van der Waals surface area (Å²) in [6.07, 6.45) is 4.11. The van der Waals surface area contributed by atoms with Crippen LogP contribution in [-0.4, -0.2) is 21.1 Å². The summed E-state index contributed by atoms with van der Waals surface area (Å²) >= 11 is 0. The van der Waals surface area contributed by atoms with Gasteiger partial charge in [0, 0.05) is 18.2 Å². The molecule has 1 aliphatic carbocycles. The fourth-order valence-corrected chi connectivity index (χ4v) is 3.01. The number of H-pyrrole nitrogens is 1. The molecule has 0 saturated carbocycles. The molecule has 3 aromatic rings.